The number of halogens is 18. The zero-order valence-electron chi connectivity index (χ0n) is 19.0. The van der Waals surface area contributed by atoms with Crippen LogP contribution in [0.5, 0.6) is 0 Å². The Morgan fingerprint density at radius 1 is 0.239 bits per heavy atom. The van der Waals surface area contributed by atoms with Gasteiger partial charge in [-0.15, -0.1) is 0 Å². The minimum Gasteiger partial charge on any atom is -0.202 e. The summed E-state index contributed by atoms with van der Waals surface area (Å²) >= 11 is 0. The molecule has 0 saturated heterocycles. The summed E-state index contributed by atoms with van der Waals surface area (Å²) in [6.45, 7) is 0. The second-order valence-electron chi connectivity index (χ2n) is 5.95. The molecule has 1 radical (unpaired) electrons. The van der Waals surface area contributed by atoms with Crippen LogP contribution in [0.15, 0.2) is 0 Å². The molecule has 15 nitrogen and oxygen atoms in total. The van der Waals surface area contributed by atoms with E-state index >= 15 is 0 Å². The molecule has 3 N–H and O–H groups in total. The second kappa shape index (κ2) is 14.7. The van der Waals surface area contributed by atoms with Crippen LogP contribution < -0.4 is 12.4 Å². The Hall–Kier alpha value is -1.17. The molecule has 0 aliphatic heterocycles. The van der Waals surface area contributed by atoms with Crippen LogP contribution in [0.3, 0.4) is 0 Å². The number of rotatable bonds is 6. The molecule has 0 rings (SSSR count). The summed E-state index contributed by atoms with van der Waals surface area (Å²) in [5.74, 6) is 0. The number of sulfonamides is 6. The Morgan fingerprint density at radius 2 is 0.304 bits per heavy atom. The van der Waals surface area contributed by atoms with Gasteiger partial charge in [0.25, 0.3) is 0 Å². The van der Waals surface area contributed by atoms with Crippen molar-refractivity contribution in [3.63, 3.8) is 0 Å². The van der Waals surface area contributed by atoms with Gasteiger partial charge in [-0.3, -0.25) is 0 Å². The second-order valence-corrected chi connectivity index (χ2v) is 16.8. The Morgan fingerprint density at radius 3 is 0.348 bits per heavy atom. The summed E-state index contributed by atoms with van der Waals surface area (Å²) in [6.07, 6.45) is 0. The average molecular weight is 902 g/mol. The Kier molecular flexibility index (Phi) is 16.6. The number of hydrogen-bond acceptors (Lipinski definition) is 12. The van der Waals surface area contributed by atoms with E-state index in [4.69, 9.17) is 0 Å². The van der Waals surface area contributed by atoms with Gasteiger partial charge in [0.2, 0.25) is 0 Å². The summed E-state index contributed by atoms with van der Waals surface area (Å²) in [7, 11) is -39.6. The zero-order valence-corrected chi connectivity index (χ0v) is 24.9. The van der Waals surface area contributed by atoms with Crippen LogP contribution in [-0.2, 0) is 76.9 Å². The van der Waals surface area contributed by atoms with Crippen LogP contribution in [0.1, 0.15) is 0 Å². The Labute approximate surface area is 251 Å². The average Bonchev–Trinajstić information content (AvgIpc) is 2.61. The van der Waals surface area contributed by atoms with Gasteiger partial charge in [-0.25, -0.2) is 50.5 Å². The van der Waals surface area contributed by atoms with Gasteiger partial charge in [0, 0.05) is 16.8 Å². The molecule has 0 heterocycles. The maximum absolute atomic E-state index is 11.5. The summed E-state index contributed by atoms with van der Waals surface area (Å²) in [6, 6.07) is 0. The molecule has 0 aliphatic rings. The van der Waals surface area contributed by atoms with Crippen molar-refractivity contribution in [2.75, 3.05) is 0 Å². The van der Waals surface area contributed by atoms with Crippen molar-refractivity contribution in [3.8, 4) is 0 Å². The first-order chi connectivity index (χ1) is 18.6. The summed E-state index contributed by atoms with van der Waals surface area (Å²) in [4.78, 5) is 0. The normalized spacial score (nSPS) is 15.0. The van der Waals surface area contributed by atoms with E-state index < -0.39 is 106 Å². The fourth-order valence-corrected chi connectivity index (χ4v) is 6.45. The Bertz CT molecular complexity index is 1370. The van der Waals surface area contributed by atoms with Gasteiger partial charge < -0.3 is 0 Å². The van der Waals surface area contributed by atoms with Gasteiger partial charge in [0.05, 0.1) is 0 Å². The van der Waals surface area contributed by atoms with Crippen molar-refractivity contribution < 1.29 is 146 Å². The van der Waals surface area contributed by atoms with Gasteiger partial charge in [-0.1, -0.05) is 12.4 Å². The van der Waals surface area contributed by atoms with Gasteiger partial charge in [-0.2, -0.15) is 79.0 Å². The summed E-state index contributed by atoms with van der Waals surface area (Å²) in [5, 5.41) is 0. The molecule has 0 amide bonds. The maximum atomic E-state index is 11.5. The molecule has 0 spiro atoms. The van der Waals surface area contributed by atoms with Crippen molar-refractivity contribution in [1.29, 1.82) is 0 Å². The van der Waals surface area contributed by atoms with Crippen LogP contribution in [0.25, 0.3) is 0 Å². The summed E-state index contributed by atoms with van der Waals surface area (Å²) < 4.78 is 325. The molecule has 0 fully saturated rings. The van der Waals surface area contributed by atoms with Crippen molar-refractivity contribution in [3.05, 3.63) is 0 Å². The van der Waals surface area contributed by atoms with Crippen LogP contribution >= 0.6 is 0 Å². The number of hydrogen-bond donors (Lipinski definition) is 3. The van der Waals surface area contributed by atoms with Gasteiger partial charge in [-0.05, 0) is 0 Å². The molecule has 0 bridgehead atoms. The van der Waals surface area contributed by atoms with Crippen LogP contribution in [0.4, 0.5) is 79.0 Å². The van der Waals surface area contributed by atoms with E-state index in [1.807, 2.05) is 0 Å². The molecule has 0 aliphatic carbocycles. The van der Waals surface area contributed by atoms with E-state index in [2.05, 4.69) is 0 Å². The first-order valence-corrected chi connectivity index (χ1v) is 16.8. The summed E-state index contributed by atoms with van der Waals surface area (Å²) in [5.41, 5.74) is -36.9. The van der Waals surface area contributed by atoms with Gasteiger partial charge >= 0.3 is 93.2 Å². The third-order valence-electron chi connectivity index (χ3n) is 2.49. The number of alkyl halides is 18. The van der Waals surface area contributed by atoms with Crippen molar-refractivity contribution in [2.45, 2.75) is 33.0 Å². The first-order valence-electron chi connectivity index (χ1n) is 7.85. The quantitative estimate of drug-likeness (QED) is 0.314. The molecular weight excluding hydrogens is 899 g/mol. The van der Waals surface area contributed by atoms with E-state index in [9.17, 15) is 130 Å². The maximum Gasteiger partial charge on any atom is 0.512 e. The van der Waals surface area contributed by atoms with E-state index in [0.29, 0.717) is 0 Å². The molecule has 0 aromatic heterocycles. The molecular formula is C6H3CoF18N3O12S6. The van der Waals surface area contributed by atoms with E-state index in [0.717, 1.165) is 0 Å². The third kappa shape index (κ3) is 14.9. The monoisotopic (exact) mass is 902 g/mol. The molecule has 285 valence electrons. The molecule has 0 aromatic carbocycles. The van der Waals surface area contributed by atoms with Gasteiger partial charge in [0.1, 0.15) is 0 Å². The minimum atomic E-state index is -6.60. The van der Waals surface area contributed by atoms with Crippen LogP contribution in [-0.4, -0.2) is 83.6 Å². The van der Waals surface area contributed by atoms with E-state index in [1.165, 1.54) is 0 Å². The molecule has 0 atom stereocenters. The van der Waals surface area contributed by atoms with Crippen LogP contribution in [0.2, 0.25) is 0 Å². The molecule has 0 aromatic rings. The fraction of sp³-hybridized carbons (Fsp3) is 1.00. The first kappa shape index (κ1) is 51.7. The molecule has 40 heteroatoms. The standard InChI is InChI=1S/3C2HF6NO4S2.Co/c3*3-1(4,5)14(10,11)9-15(12,13)2(6,7)8;/h3*9H;. The topological polar surface area (TPSA) is 241 Å². The molecule has 0 unspecified atom stereocenters. The van der Waals surface area contributed by atoms with Crippen molar-refractivity contribution in [2.24, 2.45) is 0 Å². The molecule has 46 heavy (non-hydrogen) atoms. The minimum absolute atomic E-state index is 0. The number of nitrogens with one attached hydrogen (secondary N) is 3. The third-order valence-corrected chi connectivity index (χ3v) is 11.4. The predicted octanol–water partition coefficient (Wildman–Crippen LogP) is 0.823. The van der Waals surface area contributed by atoms with Crippen molar-refractivity contribution >= 4 is 60.1 Å². The fourth-order valence-electron chi connectivity index (χ4n) is 0.717. The van der Waals surface area contributed by atoms with E-state index in [-0.39, 0.29) is 16.8 Å². The smallest absolute Gasteiger partial charge is 0.202 e. The zero-order chi connectivity index (χ0) is 38.1. The Balaban J connectivity index is -0.000000285. The largest absolute Gasteiger partial charge is 0.512 e. The van der Waals surface area contributed by atoms with E-state index in [1.54, 1.807) is 0 Å². The van der Waals surface area contributed by atoms with Crippen LogP contribution in [0, 0.1) is 0 Å². The SMILES string of the molecule is O=S(=O)(NS(=O)(=O)C(F)(F)F)C(F)(F)F.O=S(=O)(NS(=O)(=O)C(F)(F)F)C(F)(F)F.O=S(=O)(NS(=O)(=O)C(F)(F)F)C(F)(F)F.[Co]. The van der Waals surface area contributed by atoms with Gasteiger partial charge in [0.15, 0.2) is 0 Å². The van der Waals surface area contributed by atoms with Crippen molar-refractivity contribution in [1.82, 2.24) is 12.4 Å². The predicted molar refractivity (Wildman–Crippen MR) is 99.3 cm³/mol. The molecule has 0 saturated carbocycles.